The van der Waals surface area contributed by atoms with Crippen molar-refractivity contribution in [2.75, 3.05) is 25.0 Å². The van der Waals surface area contributed by atoms with Crippen molar-refractivity contribution in [3.05, 3.63) is 35.3 Å². The fourth-order valence-electron chi connectivity index (χ4n) is 2.77. The van der Waals surface area contributed by atoms with Gasteiger partial charge in [0.15, 0.2) is 0 Å². The first-order valence-electron chi connectivity index (χ1n) is 8.51. The number of aromatic nitrogens is 1. The van der Waals surface area contributed by atoms with E-state index in [1.807, 2.05) is 29.6 Å². The van der Waals surface area contributed by atoms with Crippen LogP contribution in [0.4, 0.5) is 10.5 Å². The van der Waals surface area contributed by atoms with Crippen molar-refractivity contribution in [1.29, 1.82) is 0 Å². The maximum atomic E-state index is 12.1. The standard InChI is InChI=1S/C18H23N3O3S/c1-12(22)16-11-25-17(20-16)14-4-2-3-5-15(14)21-18(23)24-10-13-6-8-19-9-7-13/h2-5,11-13,19,22H,6-10H2,1H3,(H,21,23). The zero-order valence-electron chi connectivity index (χ0n) is 14.2. The normalized spacial score (nSPS) is 16.4. The maximum absolute atomic E-state index is 12.1. The first-order chi connectivity index (χ1) is 12.1. The number of ether oxygens (including phenoxy) is 1. The summed E-state index contributed by atoms with van der Waals surface area (Å²) in [5.74, 6) is 0.426. The second kappa shape index (κ2) is 8.42. The minimum atomic E-state index is -0.611. The maximum Gasteiger partial charge on any atom is 0.411 e. The lowest BCUT2D eigenvalue weighted by atomic mass is 9.99. The van der Waals surface area contributed by atoms with Crippen molar-refractivity contribution in [1.82, 2.24) is 10.3 Å². The monoisotopic (exact) mass is 361 g/mol. The summed E-state index contributed by atoms with van der Waals surface area (Å²) in [6.07, 6.45) is 1.01. The van der Waals surface area contributed by atoms with E-state index in [0.717, 1.165) is 36.5 Å². The number of anilines is 1. The molecular formula is C18H23N3O3S. The van der Waals surface area contributed by atoms with Crippen LogP contribution in [0.25, 0.3) is 10.6 Å². The van der Waals surface area contributed by atoms with Crippen LogP contribution in [0.3, 0.4) is 0 Å². The van der Waals surface area contributed by atoms with Gasteiger partial charge in [0.1, 0.15) is 5.01 Å². The molecule has 6 nitrogen and oxygen atoms in total. The summed E-state index contributed by atoms with van der Waals surface area (Å²) >= 11 is 1.44. The fourth-order valence-corrected chi connectivity index (χ4v) is 3.71. The highest BCUT2D eigenvalue weighted by Crippen LogP contribution is 2.32. The molecule has 0 radical (unpaired) electrons. The molecule has 1 atom stereocenters. The van der Waals surface area contributed by atoms with E-state index in [9.17, 15) is 9.90 Å². The van der Waals surface area contributed by atoms with Gasteiger partial charge in [-0.05, 0) is 50.9 Å². The average Bonchev–Trinajstić information content (AvgIpc) is 3.12. The predicted octanol–water partition coefficient (Wildman–Crippen LogP) is 3.41. The number of carbonyl (C=O) groups is 1. The Morgan fingerprint density at radius 2 is 2.20 bits per heavy atom. The van der Waals surface area contributed by atoms with Gasteiger partial charge in [-0.25, -0.2) is 9.78 Å². The number of aliphatic hydroxyl groups excluding tert-OH is 1. The number of nitrogens with zero attached hydrogens (tertiary/aromatic N) is 1. The number of hydrogen-bond donors (Lipinski definition) is 3. The second-order valence-corrected chi connectivity index (χ2v) is 7.07. The Bertz CT molecular complexity index is 711. The quantitative estimate of drug-likeness (QED) is 0.760. The molecule has 3 rings (SSSR count). The largest absolute Gasteiger partial charge is 0.449 e. The number of hydrogen-bond acceptors (Lipinski definition) is 6. The highest BCUT2D eigenvalue weighted by atomic mass is 32.1. The van der Waals surface area contributed by atoms with E-state index in [2.05, 4.69) is 15.6 Å². The zero-order chi connectivity index (χ0) is 17.6. The van der Waals surface area contributed by atoms with Crippen LogP contribution >= 0.6 is 11.3 Å². The summed E-state index contributed by atoms with van der Waals surface area (Å²) < 4.78 is 5.38. The van der Waals surface area contributed by atoms with E-state index in [1.54, 1.807) is 6.92 Å². The van der Waals surface area contributed by atoms with Gasteiger partial charge in [0.2, 0.25) is 0 Å². The summed E-state index contributed by atoms with van der Waals surface area (Å²) in [6.45, 7) is 4.09. The number of carbonyl (C=O) groups excluding carboxylic acids is 1. The lowest BCUT2D eigenvalue weighted by Crippen LogP contribution is -2.31. The molecule has 2 aromatic rings. The average molecular weight is 361 g/mol. The van der Waals surface area contributed by atoms with Crippen LogP contribution in [0.5, 0.6) is 0 Å². The van der Waals surface area contributed by atoms with E-state index in [0.29, 0.717) is 23.9 Å². The van der Waals surface area contributed by atoms with Crippen LogP contribution in [0, 0.1) is 5.92 Å². The van der Waals surface area contributed by atoms with Crippen molar-refractivity contribution in [3.63, 3.8) is 0 Å². The molecule has 1 aliphatic rings. The van der Waals surface area contributed by atoms with E-state index < -0.39 is 12.2 Å². The smallest absolute Gasteiger partial charge is 0.411 e. The number of nitrogens with one attached hydrogen (secondary N) is 2. The van der Waals surface area contributed by atoms with Crippen LogP contribution in [0.1, 0.15) is 31.6 Å². The summed E-state index contributed by atoms with van der Waals surface area (Å²) in [5, 5.41) is 18.3. The van der Waals surface area contributed by atoms with Crippen LogP contribution < -0.4 is 10.6 Å². The van der Waals surface area contributed by atoms with Gasteiger partial charge < -0.3 is 15.2 Å². The highest BCUT2D eigenvalue weighted by molar-refractivity contribution is 7.13. The van der Waals surface area contributed by atoms with E-state index in [1.165, 1.54) is 11.3 Å². The Kier molecular flexibility index (Phi) is 6.01. The Hall–Kier alpha value is -1.96. The van der Waals surface area contributed by atoms with Crippen LogP contribution in [-0.2, 0) is 4.74 Å². The molecular weight excluding hydrogens is 338 g/mol. The third-order valence-corrected chi connectivity index (χ3v) is 5.15. The van der Waals surface area contributed by atoms with Crippen molar-refractivity contribution in [2.45, 2.75) is 25.9 Å². The molecule has 0 spiro atoms. The van der Waals surface area contributed by atoms with Crippen LogP contribution in [-0.4, -0.2) is 35.9 Å². The Morgan fingerprint density at radius 1 is 1.44 bits per heavy atom. The fraction of sp³-hybridized carbons (Fsp3) is 0.444. The van der Waals surface area contributed by atoms with E-state index >= 15 is 0 Å². The molecule has 7 heteroatoms. The van der Waals surface area contributed by atoms with Crippen molar-refractivity contribution < 1.29 is 14.6 Å². The summed E-state index contributed by atoms with van der Waals surface area (Å²) in [7, 11) is 0. The lowest BCUT2D eigenvalue weighted by Gasteiger charge is -2.22. The molecule has 1 unspecified atom stereocenters. The second-order valence-electron chi connectivity index (χ2n) is 6.22. The van der Waals surface area contributed by atoms with Crippen molar-refractivity contribution in [3.8, 4) is 10.6 Å². The Balaban J connectivity index is 1.64. The van der Waals surface area contributed by atoms with Gasteiger partial charge in [0, 0.05) is 10.9 Å². The predicted molar refractivity (Wildman–Crippen MR) is 98.7 cm³/mol. The highest BCUT2D eigenvalue weighted by Gasteiger charge is 2.17. The van der Waals surface area contributed by atoms with Gasteiger partial charge in [-0.1, -0.05) is 12.1 Å². The number of amides is 1. The molecule has 0 aliphatic carbocycles. The molecule has 25 heavy (non-hydrogen) atoms. The van der Waals surface area contributed by atoms with Gasteiger partial charge in [0.25, 0.3) is 0 Å². The molecule has 0 saturated carbocycles. The topological polar surface area (TPSA) is 83.5 Å². The van der Waals surface area contributed by atoms with Crippen LogP contribution in [0.2, 0.25) is 0 Å². The zero-order valence-corrected chi connectivity index (χ0v) is 15.0. The van der Waals surface area contributed by atoms with Gasteiger partial charge >= 0.3 is 6.09 Å². The Morgan fingerprint density at radius 3 is 2.92 bits per heavy atom. The third kappa shape index (κ3) is 4.78. The number of rotatable bonds is 5. The lowest BCUT2D eigenvalue weighted by molar-refractivity contribution is 0.131. The van der Waals surface area contributed by atoms with Crippen LogP contribution in [0.15, 0.2) is 29.6 Å². The van der Waals surface area contributed by atoms with E-state index in [4.69, 9.17) is 4.74 Å². The first-order valence-corrected chi connectivity index (χ1v) is 9.39. The summed E-state index contributed by atoms with van der Waals surface area (Å²) in [6, 6.07) is 7.47. The molecule has 1 amide bonds. The van der Waals surface area contributed by atoms with E-state index in [-0.39, 0.29) is 0 Å². The molecule has 134 valence electrons. The third-order valence-electron chi connectivity index (χ3n) is 4.25. The molecule has 1 aromatic carbocycles. The number of piperidine rings is 1. The molecule has 1 aliphatic heterocycles. The first kappa shape index (κ1) is 17.8. The van der Waals surface area contributed by atoms with Gasteiger partial charge in [0.05, 0.1) is 24.1 Å². The summed E-state index contributed by atoms with van der Waals surface area (Å²) in [5.41, 5.74) is 2.10. The van der Waals surface area contributed by atoms with Gasteiger partial charge in [-0.15, -0.1) is 11.3 Å². The SMILES string of the molecule is CC(O)c1csc(-c2ccccc2NC(=O)OCC2CCNCC2)n1. The number of aliphatic hydroxyl groups is 1. The molecule has 2 heterocycles. The molecule has 1 aromatic heterocycles. The minimum absolute atomic E-state index is 0.426. The number of benzene rings is 1. The van der Waals surface area contributed by atoms with Gasteiger partial charge in [-0.3, -0.25) is 5.32 Å². The molecule has 1 saturated heterocycles. The molecule has 0 bridgehead atoms. The molecule has 1 fully saturated rings. The molecule has 3 N–H and O–H groups in total. The van der Waals surface area contributed by atoms with Crippen molar-refractivity contribution >= 4 is 23.1 Å². The number of thiazole rings is 1. The number of para-hydroxylation sites is 1. The minimum Gasteiger partial charge on any atom is -0.449 e. The van der Waals surface area contributed by atoms with Gasteiger partial charge in [-0.2, -0.15) is 0 Å². The summed E-state index contributed by atoms with van der Waals surface area (Å²) in [4.78, 5) is 16.6. The van der Waals surface area contributed by atoms with Crippen molar-refractivity contribution in [2.24, 2.45) is 5.92 Å². The Labute approximate surface area is 151 Å².